The number of benzene rings is 2. The van der Waals surface area contributed by atoms with Crippen LogP contribution in [0.3, 0.4) is 0 Å². The second kappa shape index (κ2) is 8.58. The van der Waals surface area contributed by atoms with Gasteiger partial charge in [-0.3, -0.25) is 4.79 Å². The first kappa shape index (κ1) is 20.0. The molecule has 1 aliphatic carbocycles. The van der Waals surface area contributed by atoms with E-state index in [2.05, 4.69) is 25.9 Å². The van der Waals surface area contributed by atoms with Gasteiger partial charge in [0.05, 0.1) is 7.11 Å². The summed E-state index contributed by atoms with van der Waals surface area (Å²) in [4.78, 5) is 12.0. The topological polar surface area (TPSA) is 119 Å². The first-order valence-corrected chi connectivity index (χ1v) is 9.75. The number of ether oxygens (including phenoxy) is 1. The van der Waals surface area contributed by atoms with Gasteiger partial charge in [-0.2, -0.15) is 5.21 Å². The number of aromatic amines is 1. The zero-order valence-electron chi connectivity index (χ0n) is 16.5. The van der Waals surface area contributed by atoms with Crippen molar-refractivity contribution in [2.24, 2.45) is 11.7 Å². The summed E-state index contributed by atoms with van der Waals surface area (Å²) in [6, 6.07) is 12.0. The molecule has 0 unspecified atom stereocenters. The minimum Gasteiger partial charge on any atom is -0.496 e. The third kappa shape index (κ3) is 4.02. The predicted molar refractivity (Wildman–Crippen MR) is 108 cm³/mol. The summed E-state index contributed by atoms with van der Waals surface area (Å²) in [5.41, 5.74) is 8.31. The quantitative estimate of drug-likeness (QED) is 0.549. The SMILES string of the molecule is COc1ccc(-c2nn[nH]n2)cc1CN[C@H]1CC[C@H](C(N)=O)[C@H]1c1ccc(F)cc1. The molecule has 9 heteroatoms. The second-order valence-electron chi connectivity index (χ2n) is 7.41. The molecule has 30 heavy (non-hydrogen) atoms. The van der Waals surface area contributed by atoms with Crippen molar-refractivity contribution >= 4 is 5.91 Å². The van der Waals surface area contributed by atoms with Crippen molar-refractivity contribution in [3.63, 3.8) is 0 Å². The Kier molecular flexibility index (Phi) is 5.71. The molecule has 0 aliphatic heterocycles. The molecule has 2 aromatic carbocycles. The highest BCUT2D eigenvalue weighted by Crippen LogP contribution is 2.40. The Labute approximate surface area is 173 Å². The van der Waals surface area contributed by atoms with Gasteiger partial charge in [0, 0.05) is 35.5 Å². The number of tetrazole rings is 1. The van der Waals surface area contributed by atoms with Crippen molar-refractivity contribution < 1.29 is 13.9 Å². The maximum Gasteiger partial charge on any atom is 0.221 e. The molecular weight excluding hydrogens is 387 g/mol. The highest BCUT2D eigenvalue weighted by molar-refractivity contribution is 5.78. The summed E-state index contributed by atoms with van der Waals surface area (Å²) in [5.74, 6) is 0.190. The summed E-state index contributed by atoms with van der Waals surface area (Å²) in [6.07, 6.45) is 1.48. The Balaban J connectivity index is 1.56. The second-order valence-corrected chi connectivity index (χ2v) is 7.41. The molecule has 0 radical (unpaired) electrons. The van der Waals surface area contributed by atoms with E-state index in [1.165, 1.54) is 12.1 Å². The summed E-state index contributed by atoms with van der Waals surface area (Å²) >= 11 is 0. The molecule has 4 N–H and O–H groups in total. The average molecular weight is 410 g/mol. The zero-order valence-corrected chi connectivity index (χ0v) is 16.5. The smallest absolute Gasteiger partial charge is 0.221 e. The van der Waals surface area contributed by atoms with Gasteiger partial charge in [0.1, 0.15) is 11.6 Å². The van der Waals surface area contributed by atoms with Crippen molar-refractivity contribution in [2.75, 3.05) is 7.11 Å². The molecule has 3 aromatic rings. The number of amides is 1. The van der Waals surface area contributed by atoms with E-state index in [4.69, 9.17) is 10.5 Å². The minimum atomic E-state index is -0.328. The largest absolute Gasteiger partial charge is 0.496 e. The van der Waals surface area contributed by atoms with Gasteiger partial charge in [0.2, 0.25) is 11.7 Å². The van der Waals surface area contributed by atoms with Gasteiger partial charge < -0.3 is 15.8 Å². The number of methoxy groups -OCH3 is 1. The summed E-state index contributed by atoms with van der Waals surface area (Å²) < 4.78 is 18.9. The first-order valence-electron chi connectivity index (χ1n) is 9.75. The van der Waals surface area contributed by atoms with Gasteiger partial charge in [0.15, 0.2) is 0 Å². The minimum absolute atomic E-state index is 0.0199. The maximum absolute atomic E-state index is 13.4. The lowest BCUT2D eigenvalue weighted by Gasteiger charge is -2.25. The highest BCUT2D eigenvalue weighted by atomic mass is 19.1. The summed E-state index contributed by atoms with van der Waals surface area (Å²) in [6.45, 7) is 0.517. The van der Waals surface area contributed by atoms with Crippen LogP contribution < -0.4 is 15.8 Å². The van der Waals surface area contributed by atoms with Gasteiger partial charge in [-0.25, -0.2) is 4.39 Å². The lowest BCUT2D eigenvalue weighted by molar-refractivity contribution is -0.122. The molecule has 1 fully saturated rings. The van der Waals surface area contributed by atoms with Crippen LogP contribution in [-0.2, 0) is 11.3 Å². The number of hydrogen-bond donors (Lipinski definition) is 3. The first-order chi connectivity index (χ1) is 14.6. The number of hydrogen-bond acceptors (Lipinski definition) is 6. The van der Waals surface area contributed by atoms with Crippen LogP contribution in [0.4, 0.5) is 4.39 Å². The number of rotatable bonds is 7. The summed E-state index contributed by atoms with van der Waals surface area (Å²) in [5, 5.41) is 17.6. The van der Waals surface area contributed by atoms with Crippen LogP contribution in [0.2, 0.25) is 0 Å². The number of H-pyrrole nitrogens is 1. The number of nitrogens with two attached hydrogens (primary N) is 1. The molecule has 4 rings (SSSR count). The molecule has 0 bridgehead atoms. The molecule has 8 nitrogen and oxygen atoms in total. The molecule has 0 saturated heterocycles. The molecule has 3 atom stereocenters. The van der Waals surface area contributed by atoms with Crippen LogP contribution >= 0.6 is 0 Å². The lowest BCUT2D eigenvalue weighted by atomic mass is 9.86. The van der Waals surface area contributed by atoms with E-state index < -0.39 is 0 Å². The molecule has 1 aliphatic rings. The molecule has 0 spiro atoms. The molecule has 156 valence electrons. The van der Waals surface area contributed by atoms with Crippen molar-refractivity contribution in [2.45, 2.75) is 31.3 Å². The van der Waals surface area contributed by atoms with Crippen LogP contribution in [0.25, 0.3) is 11.4 Å². The van der Waals surface area contributed by atoms with Crippen molar-refractivity contribution in [1.82, 2.24) is 25.9 Å². The van der Waals surface area contributed by atoms with Crippen LogP contribution in [0.15, 0.2) is 42.5 Å². The molecule has 1 heterocycles. The predicted octanol–water partition coefficient (Wildman–Crippen LogP) is 2.15. The van der Waals surface area contributed by atoms with E-state index in [0.717, 1.165) is 28.9 Å². The average Bonchev–Trinajstić information content (AvgIpc) is 3.43. The number of halogens is 1. The van der Waals surface area contributed by atoms with Gasteiger partial charge >= 0.3 is 0 Å². The van der Waals surface area contributed by atoms with E-state index in [-0.39, 0.29) is 29.6 Å². The van der Waals surface area contributed by atoms with Crippen molar-refractivity contribution in [1.29, 1.82) is 0 Å². The van der Waals surface area contributed by atoms with E-state index >= 15 is 0 Å². The van der Waals surface area contributed by atoms with E-state index in [1.807, 2.05) is 18.2 Å². The number of carbonyl (C=O) groups excluding carboxylic acids is 1. The van der Waals surface area contributed by atoms with Gasteiger partial charge in [-0.1, -0.05) is 12.1 Å². The third-order valence-corrected chi connectivity index (χ3v) is 5.71. The zero-order chi connectivity index (χ0) is 21.1. The van der Waals surface area contributed by atoms with Crippen molar-refractivity contribution in [3.8, 4) is 17.1 Å². The Morgan fingerprint density at radius 3 is 2.73 bits per heavy atom. The summed E-state index contributed by atoms with van der Waals surface area (Å²) in [7, 11) is 1.62. The number of carbonyl (C=O) groups is 1. The van der Waals surface area contributed by atoms with Gasteiger partial charge in [0.25, 0.3) is 0 Å². The molecule has 1 aromatic heterocycles. The Morgan fingerprint density at radius 1 is 1.27 bits per heavy atom. The van der Waals surface area contributed by atoms with Gasteiger partial charge in [-0.15, -0.1) is 10.2 Å². The maximum atomic E-state index is 13.4. The lowest BCUT2D eigenvalue weighted by Crippen LogP contribution is -2.35. The standard InChI is InChI=1S/C21H23FN6O2/c1-30-18-9-4-13(21-25-27-28-26-21)10-14(18)11-24-17-8-7-16(20(23)29)19(17)12-2-5-15(22)6-3-12/h2-6,9-10,16-17,19,24H,7-8,11H2,1H3,(H2,23,29)(H,25,26,27,28)/t16-,17-,19+/m0/s1. The number of aromatic nitrogens is 4. The Morgan fingerprint density at radius 2 is 2.07 bits per heavy atom. The van der Waals surface area contributed by atoms with Crippen LogP contribution in [0.1, 0.15) is 29.9 Å². The Hall–Kier alpha value is -3.33. The highest BCUT2D eigenvalue weighted by Gasteiger charge is 2.40. The number of primary amides is 1. The van der Waals surface area contributed by atoms with Crippen LogP contribution in [0.5, 0.6) is 5.75 Å². The molecule has 1 amide bonds. The normalized spacial score (nSPS) is 20.9. The molecule has 1 saturated carbocycles. The number of nitrogens with zero attached hydrogens (tertiary/aromatic N) is 3. The fourth-order valence-electron chi connectivity index (χ4n) is 4.28. The van der Waals surface area contributed by atoms with E-state index in [1.54, 1.807) is 19.2 Å². The van der Waals surface area contributed by atoms with Crippen LogP contribution in [-0.4, -0.2) is 39.7 Å². The van der Waals surface area contributed by atoms with Gasteiger partial charge in [-0.05, 0) is 54.0 Å². The number of nitrogens with one attached hydrogen (secondary N) is 2. The fourth-order valence-corrected chi connectivity index (χ4v) is 4.28. The van der Waals surface area contributed by atoms with E-state index in [0.29, 0.717) is 18.8 Å². The van der Waals surface area contributed by atoms with E-state index in [9.17, 15) is 9.18 Å². The van der Waals surface area contributed by atoms with Crippen molar-refractivity contribution in [3.05, 3.63) is 59.4 Å². The fraction of sp³-hybridized carbons (Fsp3) is 0.333. The third-order valence-electron chi connectivity index (χ3n) is 5.71. The molecular formula is C21H23FN6O2. The van der Waals surface area contributed by atoms with Crippen LogP contribution in [0, 0.1) is 11.7 Å². The Bertz CT molecular complexity index is 1010. The monoisotopic (exact) mass is 410 g/mol.